The van der Waals surface area contributed by atoms with Gasteiger partial charge in [0.05, 0.1) is 28.0 Å². The van der Waals surface area contributed by atoms with Crippen LogP contribution in [0, 0.1) is 11.3 Å². The summed E-state index contributed by atoms with van der Waals surface area (Å²) in [5, 5.41) is 14.9. The molecular weight excluding hydrogens is 534 g/mol. The summed E-state index contributed by atoms with van der Waals surface area (Å²) in [4.78, 5) is 10.6. The summed E-state index contributed by atoms with van der Waals surface area (Å²) in [6, 6.07) is 54.3. The Hall–Kier alpha value is -6.11. The summed E-state index contributed by atoms with van der Waals surface area (Å²) >= 11 is 0. The predicted molar refractivity (Wildman–Crippen MR) is 181 cm³/mol. The maximum Gasteiger partial charge on any atom is 0.102 e. The molecule has 0 radical (unpaired) electrons. The topological polar surface area (TPSA) is 49.6 Å². The summed E-state index contributed by atoms with van der Waals surface area (Å²) in [5.41, 5.74) is 9.70. The standard InChI is InChI=1S/C41H25N3/c42-26-36-38(32-22-12-20-27-15-10-11-21-31(27)32)34-24-23-33-35(28-13-4-1-5-14-28)25-37(29-16-6-2-7-17-29)43-40(33)41(34)44-39(36)30-18-8-3-9-19-30/h1-25H. The van der Waals surface area contributed by atoms with Crippen LogP contribution in [-0.2, 0) is 0 Å². The average molecular weight is 560 g/mol. The third-order valence-corrected chi connectivity index (χ3v) is 8.31. The molecule has 0 atom stereocenters. The van der Waals surface area contributed by atoms with E-state index in [4.69, 9.17) is 9.97 Å². The number of fused-ring (bicyclic) bond motifs is 4. The highest BCUT2D eigenvalue weighted by Gasteiger charge is 2.22. The van der Waals surface area contributed by atoms with Crippen LogP contribution in [0.15, 0.2) is 152 Å². The molecule has 0 amide bonds. The van der Waals surface area contributed by atoms with Gasteiger partial charge < -0.3 is 0 Å². The number of nitrogens with zero attached hydrogens (tertiary/aromatic N) is 3. The Kier molecular flexibility index (Phi) is 6.18. The SMILES string of the molecule is N#Cc1c(-c2ccccc2)nc2c(ccc3c(-c4ccccc4)cc(-c4ccccc4)nc32)c1-c1cccc2ccccc12. The van der Waals surface area contributed by atoms with E-state index in [1.165, 1.54) is 0 Å². The lowest BCUT2D eigenvalue weighted by molar-refractivity contribution is 1.35. The second-order valence-electron chi connectivity index (χ2n) is 10.9. The molecule has 2 heterocycles. The summed E-state index contributed by atoms with van der Waals surface area (Å²) < 4.78 is 0. The Balaban J connectivity index is 1.57. The van der Waals surface area contributed by atoms with E-state index in [9.17, 15) is 5.26 Å². The van der Waals surface area contributed by atoms with Gasteiger partial charge in [-0.15, -0.1) is 0 Å². The minimum absolute atomic E-state index is 0.557. The van der Waals surface area contributed by atoms with Gasteiger partial charge in [0.15, 0.2) is 0 Å². The Labute approximate surface area is 255 Å². The van der Waals surface area contributed by atoms with Crippen LogP contribution in [-0.4, -0.2) is 9.97 Å². The van der Waals surface area contributed by atoms with Gasteiger partial charge in [-0.05, 0) is 33.5 Å². The second kappa shape index (κ2) is 10.6. The van der Waals surface area contributed by atoms with Crippen LogP contribution >= 0.6 is 0 Å². The summed E-state index contributed by atoms with van der Waals surface area (Å²) in [7, 11) is 0. The van der Waals surface area contributed by atoms with E-state index in [2.05, 4.69) is 97.1 Å². The molecule has 0 aliphatic carbocycles. The smallest absolute Gasteiger partial charge is 0.102 e. The molecule has 2 aromatic heterocycles. The van der Waals surface area contributed by atoms with Crippen molar-refractivity contribution in [3.8, 4) is 50.8 Å². The molecule has 0 fully saturated rings. The number of hydrogen-bond donors (Lipinski definition) is 0. The van der Waals surface area contributed by atoms with E-state index in [1.807, 2.05) is 60.7 Å². The summed E-state index contributed by atoms with van der Waals surface area (Å²) in [5.74, 6) is 0. The predicted octanol–water partition coefficient (Wildman–Crippen LogP) is 10.5. The first kappa shape index (κ1) is 25.6. The zero-order chi connectivity index (χ0) is 29.5. The number of benzene rings is 6. The first-order valence-electron chi connectivity index (χ1n) is 14.7. The van der Waals surface area contributed by atoms with Gasteiger partial charge in [0.25, 0.3) is 0 Å². The highest BCUT2D eigenvalue weighted by Crippen LogP contribution is 2.43. The van der Waals surface area contributed by atoms with E-state index in [0.717, 1.165) is 71.7 Å². The molecule has 3 nitrogen and oxygen atoms in total. The molecule has 8 rings (SSSR count). The molecule has 0 bridgehead atoms. The minimum Gasteiger partial charge on any atom is -0.245 e. The Morgan fingerprint density at radius 2 is 1.05 bits per heavy atom. The van der Waals surface area contributed by atoms with Crippen LogP contribution in [0.5, 0.6) is 0 Å². The molecule has 0 saturated carbocycles. The Morgan fingerprint density at radius 3 is 1.77 bits per heavy atom. The zero-order valence-electron chi connectivity index (χ0n) is 23.8. The molecule has 204 valence electrons. The molecule has 0 spiro atoms. The number of nitriles is 1. The van der Waals surface area contributed by atoms with Gasteiger partial charge in [0.2, 0.25) is 0 Å². The quantitative estimate of drug-likeness (QED) is 0.202. The first-order chi connectivity index (χ1) is 21.8. The number of hydrogen-bond acceptors (Lipinski definition) is 3. The van der Waals surface area contributed by atoms with Crippen molar-refractivity contribution in [1.29, 1.82) is 5.26 Å². The van der Waals surface area contributed by atoms with Crippen molar-refractivity contribution in [1.82, 2.24) is 9.97 Å². The van der Waals surface area contributed by atoms with E-state index in [-0.39, 0.29) is 0 Å². The lowest BCUT2D eigenvalue weighted by Crippen LogP contribution is -1.99. The molecule has 0 saturated heterocycles. The summed E-state index contributed by atoms with van der Waals surface area (Å²) in [6.07, 6.45) is 0. The maximum atomic E-state index is 10.7. The highest BCUT2D eigenvalue weighted by atomic mass is 14.8. The van der Waals surface area contributed by atoms with Crippen molar-refractivity contribution >= 4 is 32.6 Å². The molecular formula is C41H25N3. The van der Waals surface area contributed by atoms with Crippen molar-refractivity contribution in [3.63, 3.8) is 0 Å². The van der Waals surface area contributed by atoms with Crippen LogP contribution < -0.4 is 0 Å². The van der Waals surface area contributed by atoms with Gasteiger partial charge in [-0.1, -0.05) is 146 Å². The van der Waals surface area contributed by atoms with Crippen LogP contribution in [0.25, 0.3) is 77.3 Å². The van der Waals surface area contributed by atoms with Crippen molar-refractivity contribution in [2.24, 2.45) is 0 Å². The van der Waals surface area contributed by atoms with E-state index in [0.29, 0.717) is 11.3 Å². The number of pyridine rings is 2. The molecule has 44 heavy (non-hydrogen) atoms. The largest absolute Gasteiger partial charge is 0.245 e. The number of rotatable bonds is 4. The highest BCUT2D eigenvalue weighted by molar-refractivity contribution is 6.16. The van der Waals surface area contributed by atoms with Gasteiger partial charge in [0, 0.05) is 27.5 Å². The van der Waals surface area contributed by atoms with Gasteiger partial charge in [-0.3, -0.25) is 0 Å². The van der Waals surface area contributed by atoms with Gasteiger partial charge in [-0.25, -0.2) is 9.97 Å². The minimum atomic E-state index is 0.557. The fourth-order valence-corrected chi connectivity index (χ4v) is 6.26. The fraction of sp³-hybridized carbons (Fsp3) is 0. The third-order valence-electron chi connectivity index (χ3n) is 8.31. The van der Waals surface area contributed by atoms with Gasteiger partial charge >= 0.3 is 0 Å². The molecule has 3 heteroatoms. The van der Waals surface area contributed by atoms with Crippen molar-refractivity contribution in [2.75, 3.05) is 0 Å². The molecule has 0 unspecified atom stereocenters. The van der Waals surface area contributed by atoms with E-state index >= 15 is 0 Å². The molecule has 0 aliphatic rings. The van der Waals surface area contributed by atoms with Crippen molar-refractivity contribution in [3.05, 3.63) is 157 Å². The molecule has 0 N–H and O–H groups in total. The number of aromatic nitrogens is 2. The lowest BCUT2D eigenvalue weighted by atomic mass is 9.88. The Morgan fingerprint density at radius 1 is 0.455 bits per heavy atom. The van der Waals surface area contributed by atoms with Crippen molar-refractivity contribution < 1.29 is 0 Å². The van der Waals surface area contributed by atoms with Crippen LogP contribution in [0.2, 0.25) is 0 Å². The van der Waals surface area contributed by atoms with Gasteiger partial charge in [-0.2, -0.15) is 5.26 Å². The third kappa shape index (κ3) is 4.21. The van der Waals surface area contributed by atoms with E-state index < -0.39 is 0 Å². The van der Waals surface area contributed by atoms with Crippen LogP contribution in [0.4, 0.5) is 0 Å². The second-order valence-corrected chi connectivity index (χ2v) is 10.9. The summed E-state index contributed by atoms with van der Waals surface area (Å²) in [6.45, 7) is 0. The molecule has 6 aromatic carbocycles. The van der Waals surface area contributed by atoms with Gasteiger partial charge in [0.1, 0.15) is 6.07 Å². The zero-order valence-corrected chi connectivity index (χ0v) is 23.8. The molecule has 8 aromatic rings. The monoisotopic (exact) mass is 559 g/mol. The maximum absolute atomic E-state index is 10.7. The average Bonchev–Trinajstić information content (AvgIpc) is 3.11. The van der Waals surface area contributed by atoms with Crippen LogP contribution in [0.3, 0.4) is 0 Å². The van der Waals surface area contributed by atoms with Crippen LogP contribution in [0.1, 0.15) is 5.56 Å². The molecule has 0 aliphatic heterocycles. The first-order valence-corrected chi connectivity index (χ1v) is 14.7. The lowest BCUT2D eigenvalue weighted by Gasteiger charge is -2.18. The van der Waals surface area contributed by atoms with Crippen molar-refractivity contribution in [2.45, 2.75) is 0 Å². The normalized spacial score (nSPS) is 11.2. The van der Waals surface area contributed by atoms with E-state index in [1.54, 1.807) is 0 Å². The Bertz CT molecular complexity index is 2370. The fourth-order valence-electron chi connectivity index (χ4n) is 6.26.